The second-order valence-corrected chi connectivity index (χ2v) is 7.74. The Labute approximate surface area is 189 Å². The van der Waals surface area contributed by atoms with Crippen molar-refractivity contribution in [3.05, 3.63) is 83.1 Å². The molecule has 3 rings (SSSR count). The minimum atomic E-state index is -0.701. The first-order chi connectivity index (χ1) is 15.5. The first-order valence-corrected chi connectivity index (χ1v) is 11.0. The van der Waals surface area contributed by atoms with Crippen molar-refractivity contribution in [1.29, 1.82) is 0 Å². The summed E-state index contributed by atoms with van der Waals surface area (Å²) in [6.45, 7) is 7.24. The van der Waals surface area contributed by atoms with E-state index in [1.165, 1.54) is 18.2 Å². The van der Waals surface area contributed by atoms with E-state index in [2.05, 4.69) is 18.7 Å². The number of amides is 1. The molecule has 0 bridgehead atoms. The van der Waals surface area contributed by atoms with Gasteiger partial charge in [-0.3, -0.25) is 9.59 Å². The van der Waals surface area contributed by atoms with Gasteiger partial charge in [0.05, 0.1) is 11.6 Å². The van der Waals surface area contributed by atoms with Crippen LogP contribution in [0, 0.1) is 0 Å². The largest absolute Gasteiger partial charge is 0.508 e. The highest BCUT2D eigenvalue weighted by Gasteiger charge is 2.42. The van der Waals surface area contributed by atoms with Crippen molar-refractivity contribution < 1.29 is 19.8 Å². The van der Waals surface area contributed by atoms with Gasteiger partial charge in [0.2, 0.25) is 0 Å². The maximum atomic E-state index is 13.1. The third kappa shape index (κ3) is 5.26. The standard InChI is InChI=1S/C26H30N2O4/c1-3-27(4-2)17-8-18-28-24(20-12-14-21(29)15-13-20)23(25(31)26(28)32)22(30)16-11-19-9-6-5-7-10-19/h5-7,9-16,24,29,31H,3-4,8,17-18H2,1-2H3/b16-11+. The van der Waals surface area contributed by atoms with Crippen molar-refractivity contribution in [3.8, 4) is 5.75 Å². The number of benzene rings is 2. The molecule has 2 aromatic rings. The van der Waals surface area contributed by atoms with Crippen LogP contribution in [0.25, 0.3) is 6.08 Å². The molecule has 168 valence electrons. The molecule has 0 aliphatic carbocycles. The molecular formula is C26H30N2O4. The molecular weight excluding hydrogens is 404 g/mol. The quantitative estimate of drug-likeness (QED) is 0.550. The summed E-state index contributed by atoms with van der Waals surface area (Å²) >= 11 is 0. The monoisotopic (exact) mass is 434 g/mol. The van der Waals surface area contributed by atoms with Gasteiger partial charge in [0.15, 0.2) is 11.5 Å². The number of carbonyl (C=O) groups excluding carboxylic acids is 2. The summed E-state index contributed by atoms with van der Waals surface area (Å²) in [7, 11) is 0. The molecule has 2 aromatic carbocycles. The molecule has 1 unspecified atom stereocenters. The highest BCUT2D eigenvalue weighted by Crippen LogP contribution is 2.38. The number of rotatable bonds is 10. The Morgan fingerprint density at radius 3 is 2.31 bits per heavy atom. The van der Waals surface area contributed by atoms with Crippen molar-refractivity contribution in [2.45, 2.75) is 26.3 Å². The van der Waals surface area contributed by atoms with E-state index in [1.54, 1.807) is 23.1 Å². The Morgan fingerprint density at radius 2 is 1.69 bits per heavy atom. The Hall–Kier alpha value is -3.38. The number of nitrogens with zero attached hydrogens (tertiary/aromatic N) is 2. The van der Waals surface area contributed by atoms with Crippen LogP contribution in [0.15, 0.2) is 72.0 Å². The molecule has 32 heavy (non-hydrogen) atoms. The number of hydrogen-bond donors (Lipinski definition) is 2. The van der Waals surface area contributed by atoms with Crippen LogP contribution < -0.4 is 0 Å². The fraction of sp³-hybridized carbons (Fsp3) is 0.308. The topological polar surface area (TPSA) is 81.1 Å². The Morgan fingerprint density at radius 1 is 1.03 bits per heavy atom. The summed E-state index contributed by atoms with van der Waals surface area (Å²) < 4.78 is 0. The van der Waals surface area contributed by atoms with Crippen molar-refractivity contribution >= 4 is 17.8 Å². The van der Waals surface area contributed by atoms with Gasteiger partial charge >= 0.3 is 0 Å². The Bertz CT molecular complexity index is 992. The van der Waals surface area contributed by atoms with E-state index in [-0.39, 0.29) is 11.3 Å². The fourth-order valence-corrected chi connectivity index (χ4v) is 3.97. The molecule has 1 aliphatic heterocycles. The molecule has 0 fully saturated rings. The molecule has 6 heteroatoms. The predicted molar refractivity (Wildman–Crippen MR) is 125 cm³/mol. The minimum Gasteiger partial charge on any atom is -0.508 e. The van der Waals surface area contributed by atoms with Gasteiger partial charge in [0, 0.05) is 6.54 Å². The normalized spacial score (nSPS) is 16.5. The number of allylic oxidation sites excluding steroid dienone is 1. The third-order valence-electron chi connectivity index (χ3n) is 5.77. The average molecular weight is 435 g/mol. The molecule has 1 heterocycles. The van der Waals surface area contributed by atoms with E-state index in [4.69, 9.17) is 0 Å². The molecule has 0 radical (unpaired) electrons. The number of hydrogen-bond acceptors (Lipinski definition) is 5. The first-order valence-electron chi connectivity index (χ1n) is 11.0. The summed E-state index contributed by atoms with van der Waals surface area (Å²) in [6, 6.07) is 15.1. The lowest BCUT2D eigenvalue weighted by Crippen LogP contribution is -2.34. The Balaban J connectivity index is 1.89. The number of phenolic OH excluding ortho intramolecular Hbond substituents is 1. The van der Waals surface area contributed by atoms with Gasteiger partial charge < -0.3 is 20.0 Å². The lowest BCUT2D eigenvalue weighted by atomic mass is 9.95. The van der Waals surface area contributed by atoms with E-state index in [1.807, 2.05) is 30.3 Å². The van der Waals surface area contributed by atoms with Crippen LogP contribution in [0.2, 0.25) is 0 Å². The van der Waals surface area contributed by atoms with Gasteiger partial charge in [-0.25, -0.2) is 0 Å². The van der Waals surface area contributed by atoms with Gasteiger partial charge in [-0.2, -0.15) is 0 Å². The lowest BCUT2D eigenvalue weighted by molar-refractivity contribution is -0.129. The molecule has 1 atom stereocenters. The molecule has 0 spiro atoms. The smallest absolute Gasteiger partial charge is 0.290 e. The van der Waals surface area contributed by atoms with Crippen LogP contribution in [-0.4, -0.2) is 57.9 Å². The fourth-order valence-electron chi connectivity index (χ4n) is 3.97. The van der Waals surface area contributed by atoms with Gasteiger partial charge in [-0.05, 0) is 55.4 Å². The summed E-state index contributed by atoms with van der Waals surface area (Å²) in [5.74, 6) is -1.37. The van der Waals surface area contributed by atoms with Gasteiger partial charge in [-0.1, -0.05) is 62.4 Å². The summed E-state index contributed by atoms with van der Waals surface area (Å²) in [5, 5.41) is 20.3. The zero-order chi connectivity index (χ0) is 23.1. The molecule has 0 aromatic heterocycles. The number of carbonyl (C=O) groups is 2. The predicted octanol–water partition coefficient (Wildman–Crippen LogP) is 4.10. The highest BCUT2D eigenvalue weighted by molar-refractivity contribution is 6.14. The first kappa shape index (κ1) is 23.3. The van der Waals surface area contributed by atoms with E-state index in [0.29, 0.717) is 12.1 Å². The average Bonchev–Trinajstić information content (AvgIpc) is 3.06. The SMILES string of the molecule is CCN(CC)CCCN1C(=O)C(O)=C(C(=O)/C=C/c2ccccc2)C1c1ccc(O)cc1. The Kier molecular flexibility index (Phi) is 7.84. The van der Waals surface area contributed by atoms with Crippen molar-refractivity contribution in [1.82, 2.24) is 9.80 Å². The van der Waals surface area contributed by atoms with Crippen LogP contribution in [0.4, 0.5) is 0 Å². The maximum absolute atomic E-state index is 13.1. The molecule has 6 nitrogen and oxygen atoms in total. The summed E-state index contributed by atoms with van der Waals surface area (Å²) in [5.41, 5.74) is 1.58. The molecule has 0 saturated carbocycles. The number of phenols is 1. The lowest BCUT2D eigenvalue weighted by Gasteiger charge is -2.28. The van der Waals surface area contributed by atoms with Gasteiger partial charge in [0.25, 0.3) is 5.91 Å². The van der Waals surface area contributed by atoms with E-state index < -0.39 is 23.5 Å². The molecule has 2 N–H and O–H groups in total. The zero-order valence-electron chi connectivity index (χ0n) is 18.6. The van der Waals surface area contributed by atoms with E-state index in [0.717, 1.165) is 31.6 Å². The van der Waals surface area contributed by atoms with Crippen LogP contribution in [0.3, 0.4) is 0 Å². The van der Waals surface area contributed by atoms with Crippen LogP contribution in [-0.2, 0) is 9.59 Å². The second-order valence-electron chi connectivity index (χ2n) is 7.74. The van der Waals surface area contributed by atoms with Gasteiger partial charge in [0.1, 0.15) is 5.75 Å². The van der Waals surface area contributed by atoms with Gasteiger partial charge in [-0.15, -0.1) is 0 Å². The number of aromatic hydroxyl groups is 1. The van der Waals surface area contributed by atoms with Crippen molar-refractivity contribution in [3.63, 3.8) is 0 Å². The van der Waals surface area contributed by atoms with E-state index in [9.17, 15) is 19.8 Å². The highest BCUT2D eigenvalue weighted by atomic mass is 16.3. The third-order valence-corrected chi connectivity index (χ3v) is 5.77. The van der Waals surface area contributed by atoms with Crippen molar-refractivity contribution in [2.24, 2.45) is 0 Å². The summed E-state index contributed by atoms with van der Waals surface area (Å²) in [6.07, 6.45) is 3.78. The molecule has 1 aliphatic rings. The minimum absolute atomic E-state index is 0.0655. The van der Waals surface area contributed by atoms with Crippen LogP contribution in [0.1, 0.15) is 37.4 Å². The number of aliphatic hydroxyl groups excluding tert-OH is 1. The summed E-state index contributed by atoms with van der Waals surface area (Å²) in [4.78, 5) is 29.9. The molecule has 1 amide bonds. The number of ketones is 1. The van der Waals surface area contributed by atoms with E-state index >= 15 is 0 Å². The zero-order valence-corrected chi connectivity index (χ0v) is 18.6. The second kappa shape index (κ2) is 10.8. The van der Waals surface area contributed by atoms with Crippen molar-refractivity contribution in [2.75, 3.05) is 26.2 Å². The number of aliphatic hydroxyl groups is 1. The maximum Gasteiger partial charge on any atom is 0.290 e. The molecule has 0 saturated heterocycles. The van der Waals surface area contributed by atoms with Crippen LogP contribution in [0.5, 0.6) is 5.75 Å². The van der Waals surface area contributed by atoms with Crippen LogP contribution >= 0.6 is 0 Å².